The third-order valence-corrected chi connectivity index (χ3v) is 8.40. The van der Waals surface area contributed by atoms with Crippen molar-refractivity contribution in [1.29, 1.82) is 0 Å². The lowest BCUT2D eigenvalue weighted by atomic mass is 9.97. The predicted molar refractivity (Wildman–Crippen MR) is 124 cm³/mol. The van der Waals surface area contributed by atoms with Crippen LogP contribution in [0, 0.1) is 12.8 Å². The molecule has 2 aromatic carbocycles. The molecule has 1 aliphatic heterocycles. The quantitative estimate of drug-likeness (QED) is 0.358. The number of benzene rings is 2. The summed E-state index contributed by atoms with van der Waals surface area (Å²) in [6, 6.07) is 14.3. The maximum atomic E-state index is 13.1. The summed E-state index contributed by atoms with van der Waals surface area (Å²) in [7, 11) is -2.64. The minimum Gasteiger partial charge on any atom is -0.465 e. The van der Waals surface area contributed by atoms with E-state index >= 15 is 0 Å². The Labute approximate surface area is 193 Å². The molecule has 0 aromatic heterocycles. The minimum absolute atomic E-state index is 0.0148. The second-order valence-electron chi connectivity index (χ2n) is 7.62. The Bertz CT molecular complexity index is 1050. The fourth-order valence-electron chi connectivity index (χ4n) is 3.59. The van der Waals surface area contributed by atoms with Crippen molar-refractivity contribution in [3.63, 3.8) is 0 Å². The summed E-state index contributed by atoms with van der Waals surface area (Å²) in [6.07, 6.45) is 0.882. The summed E-state index contributed by atoms with van der Waals surface area (Å²) in [4.78, 5) is 25.6. The van der Waals surface area contributed by atoms with Crippen LogP contribution in [0.1, 0.15) is 28.8 Å². The molecule has 7 nitrogen and oxygen atoms in total. The summed E-state index contributed by atoms with van der Waals surface area (Å²) in [6.45, 7) is 3.06. The van der Waals surface area contributed by atoms with Crippen LogP contribution in [0.2, 0.25) is 0 Å². The number of carbonyl (C=O) groups excluding carboxylic acids is 2. The Morgan fingerprint density at radius 1 is 1.09 bits per heavy atom. The molecular formula is C23H28N2O5S2. The monoisotopic (exact) mass is 476 g/mol. The molecule has 0 bridgehead atoms. The number of amides is 1. The van der Waals surface area contributed by atoms with Gasteiger partial charge in [0.05, 0.1) is 17.6 Å². The van der Waals surface area contributed by atoms with Crippen LogP contribution in [0.25, 0.3) is 0 Å². The molecule has 1 fully saturated rings. The molecule has 172 valence electrons. The van der Waals surface area contributed by atoms with E-state index in [0.29, 0.717) is 19.4 Å². The molecule has 9 heteroatoms. The van der Waals surface area contributed by atoms with Crippen molar-refractivity contribution >= 4 is 33.7 Å². The van der Waals surface area contributed by atoms with Gasteiger partial charge in [0.25, 0.3) is 0 Å². The normalized spacial score (nSPS) is 15.3. The molecule has 0 aliphatic carbocycles. The number of piperidine rings is 1. The third kappa shape index (κ3) is 5.90. The Morgan fingerprint density at radius 3 is 2.41 bits per heavy atom. The van der Waals surface area contributed by atoms with E-state index in [4.69, 9.17) is 4.74 Å². The number of thioether (sulfide) groups is 1. The van der Waals surface area contributed by atoms with Gasteiger partial charge in [0.15, 0.2) is 0 Å². The fourth-order valence-corrected chi connectivity index (χ4v) is 6.01. The Balaban J connectivity index is 1.50. The van der Waals surface area contributed by atoms with Gasteiger partial charge in [-0.1, -0.05) is 29.8 Å². The average molecular weight is 477 g/mol. The first-order valence-electron chi connectivity index (χ1n) is 10.5. The van der Waals surface area contributed by atoms with Crippen molar-refractivity contribution in [2.45, 2.75) is 29.6 Å². The van der Waals surface area contributed by atoms with E-state index in [-0.39, 0.29) is 35.4 Å². The highest BCUT2D eigenvalue weighted by Gasteiger charge is 2.34. The van der Waals surface area contributed by atoms with E-state index in [1.807, 2.05) is 6.92 Å². The molecule has 0 unspecified atom stereocenters. The van der Waals surface area contributed by atoms with E-state index in [2.05, 4.69) is 29.6 Å². The molecule has 1 N–H and O–H groups in total. The number of sulfonamides is 1. The zero-order valence-corrected chi connectivity index (χ0v) is 19.9. The average Bonchev–Trinajstić information content (AvgIpc) is 2.82. The van der Waals surface area contributed by atoms with Crippen molar-refractivity contribution in [3.05, 3.63) is 59.7 Å². The van der Waals surface area contributed by atoms with E-state index in [0.717, 1.165) is 10.6 Å². The number of methoxy groups -OCH3 is 1. The second kappa shape index (κ2) is 11.0. The minimum atomic E-state index is -3.85. The molecule has 0 atom stereocenters. The third-order valence-electron chi connectivity index (χ3n) is 5.43. The second-order valence-corrected chi connectivity index (χ2v) is 10.7. The van der Waals surface area contributed by atoms with Crippen molar-refractivity contribution < 1.29 is 22.7 Å². The molecular weight excluding hydrogens is 448 g/mol. The Kier molecular flexibility index (Phi) is 8.33. The van der Waals surface area contributed by atoms with Gasteiger partial charge in [0.2, 0.25) is 15.9 Å². The molecule has 1 aliphatic rings. The summed E-state index contributed by atoms with van der Waals surface area (Å²) < 4.78 is 32.2. The molecule has 1 amide bonds. The number of aryl methyl sites for hydroxylation is 1. The number of rotatable bonds is 8. The van der Waals surface area contributed by atoms with E-state index < -0.39 is 16.0 Å². The zero-order chi connectivity index (χ0) is 23.1. The van der Waals surface area contributed by atoms with Crippen molar-refractivity contribution in [2.75, 3.05) is 32.5 Å². The lowest BCUT2D eigenvalue weighted by Gasteiger charge is -2.31. The highest BCUT2D eigenvalue weighted by atomic mass is 32.2. The first kappa shape index (κ1) is 24.3. The molecule has 32 heavy (non-hydrogen) atoms. The molecule has 1 heterocycles. The smallest absolute Gasteiger partial charge is 0.339 e. The van der Waals surface area contributed by atoms with E-state index in [1.165, 1.54) is 29.1 Å². The molecule has 3 rings (SSSR count). The number of carbonyl (C=O) groups is 2. The maximum Gasteiger partial charge on any atom is 0.339 e. The highest BCUT2D eigenvalue weighted by molar-refractivity contribution is 7.99. The molecule has 0 spiro atoms. The lowest BCUT2D eigenvalue weighted by Crippen LogP contribution is -2.43. The SMILES string of the molecule is COC(=O)c1ccccc1S(=O)(=O)N1CCC(C(=O)NCCSc2ccc(C)cc2)CC1. The predicted octanol–water partition coefficient (Wildman–Crippen LogP) is 3.09. The van der Waals surface area contributed by atoms with Crippen LogP contribution in [0.4, 0.5) is 0 Å². The van der Waals surface area contributed by atoms with E-state index in [1.54, 1.807) is 23.9 Å². The van der Waals surface area contributed by atoms with Gasteiger partial charge in [0.1, 0.15) is 0 Å². The molecule has 0 radical (unpaired) electrons. The molecule has 2 aromatic rings. The van der Waals surface area contributed by atoms with E-state index in [9.17, 15) is 18.0 Å². The fraction of sp³-hybridized carbons (Fsp3) is 0.391. The first-order chi connectivity index (χ1) is 15.3. The van der Waals surface area contributed by atoms with Gasteiger partial charge in [0, 0.05) is 36.2 Å². The van der Waals surface area contributed by atoms with Crippen LogP contribution in [0.3, 0.4) is 0 Å². The van der Waals surface area contributed by atoms with Crippen molar-refractivity contribution in [2.24, 2.45) is 5.92 Å². The van der Waals surface area contributed by atoms with Gasteiger partial charge in [-0.15, -0.1) is 11.8 Å². The number of hydrogen-bond donors (Lipinski definition) is 1. The van der Waals surface area contributed by atoms with Crippen molar-refractivity contribution in [1.82, 2.24) is 9.62 Å². The number of ether oxygens (including phenoxy) is 1. The number of nitrogens with zero attached hydrogens (tertiary/aromatic N) is 1. The maximum absolute atomic E-state index is 13.1. The zero-order valence-electron chi connectivity index (χ0n) is 18.2. The largest absolute Gasteiger partial charge is 0.465 e. The van der Waals surface area contributed by atoms with Gasteiger partial charge in [-0.2, -0.15) is 4.31 Å². The van der Waals surface area contributed by atoms with Crippen LogP contribution in [-0.4, -0.2) is 57.1 Å². The van der Waals surface area contributed by atoms with Crippen LogP contribution in [-0.2, 0) is 19.6 Å². The van der Waals surface area contributed by atoms with Crippen LogP contribution < -0.4 is 5.32 Å². The number of esters is 1. The summed E-state index contributed by atoms with van der Waals surface area (Å²) in [5.74, 6) is -0.183. The van der Waals surface area contributed by atoms with Crippen LogP contribution in [0.5, 0.6) is 0 Å². The molecule has 0 saturated carbocycles. The Morgan fingerprint density at radius 2 is 1.75 bits per heavy atom. The molecule has 1 saturated heterocycles. The number of nitrogens with one attached hydrogen (secondary N) is 1. The van der Waals surface area contributed by atoms with Crippen molar-refractivity contribution in [3.8, 4) is 0 Å². The standard InChI is InChI=1S/C23H28N2O5S2/c1-17-7-9-19(10-8-17)31-16-13-24-22(26)18-11-14-25(15-12-18)32(28,29)21-6-4-3-5-20(21)23(27)30-2/h3-10,18H,11-16H2,1-2H3,(H,24,26). The van der Waals surface area contributed by atoms with Crippen LogP contribution >= 0.6 is 11.8 Å². The highest BCUT2D eigenvalue weighted by Crippen LogP contribution is 2.26. The van der Waals surface area contributed by atoms with Crippen LogP contribution in [0.15, 0.2) is 58.3 Å². The summed E-state index contributed by atoms with van der Waals surface area (Å²) in [5.41, 5.74) is 1.23. The van der Waals surface area contributed by atoms with Gasteiger partial charge in [-0.25, -0.2) is 13.2 Å². The number of hydrogen-bond acceptors (Lipinski definition) is 6. The van der Waals surface area contributed by atoms with Gasteiger partial charge in [-0.05, 0) is 44.0 Å². The van der Waals surface area contributed by atoms with Gasteiger partial charge < -0.3 is 10.1 Å². The summed E-state index contributed by atoms with van der Waals surface area (Å²) >= 11 is 1.68. The van der Waals surface area contributed by atoms with Gasteiger partial charge >= 0.3 is 5.97 Å². The lowest BCUT2D eigenvalue weighted by molar-refractivity contribution is -0.125. The first-order valence-corrected chi connectivity index (χ1v) is 12.9. The topological polar surface area (TPSA) is 92.8 Å². The van der Waals surface area contributed by atoms with Gasteiger partial charge in [-0.3, -0.25) is 4.79 Å². The summed E-state index contributed by atoms with van der Waals surface area (Å²) in [5, 5.41) is 2.96. The Hall–Kier alpha value is -2.36.